The van der Waals surface area contributed by atoms with Crippen molar-refractivity contribution in [1.29, 1.82) is 0 Å². The number of halogens is 6. The predicted molar refractivity (Wildman–Crippen MR) is 218 cm³/mol. The maximum absolute atomic E-state index is 15.1. The highest BCUT2D eigenvalue weighted by Gasteiger charge is 2.37. The standard InChI is InChI=1S/C49H31F6N3/c1-30-24-25-45-37(26-30)36-20-10-13-23-44(36)58(45)46-38(34-18-8-11-21-40(34)48(50,51)52)27-33(28-39(46)35-19-9-12-22-41(35)49(53,54)55)43-29-42(31-14-4-2-5-15-31)56-47(57-43)32-16-6-3-7-17-32/h2-29H,1H3. The van der Waals surface area contributed by atoms with Gasteiger partial charge in [0, 0.05) is 38.6 Å². The van der Waals surface area contributed by atoms with E-state index in [-0.39, 0.29) is 27.9 Å². The second kappa shape index (κ2) is 14.2. The van der Waals surface area contributed by atoms with Crippen molar-refractivity contribution in [1.82, 2.24) is 14.5 Å². The van der Waals surface area contributed by atoms with Crippen LogP contribution in [0.15, 0.2) is 170 Å². The molecule has 0 aliphatic carbocycles. The average molecular weight is 776 g/mol. The molecule has 284 valence electrons. The Morgan fingerprint density at radius 1 is 0.414 bits per heavy atom. The van der Waals surface area contributed by atoms with Crippen molar-refractivity contribution in [3.05, 3.63) is 187 Å². The summed E-state index contributed by atoms with van der Waals surface area (Å²) in [5, 5.41) is 1.60. The lowest BCUT2D eigenvalue weighted by molar-refractivity contribution is -0.137. The van der Waals surface area contributed by atoms with E-state index in [4.69, 9.17) is 9.97 Å². The molecule has 0 radical (unpaired) electrons. The first-order chi connectivity index (χ1) is 28.0. The summed E-state index contributed by atoms with van der Waals surface area (Å²) in [6.45, 7) is 1.94. The summed E-state index contributed by atoms with van der Waals surface area (Å²) in [7, 11) is 0. The van der Waals surface area contributed by atoms with E-state index < -0.39 is 23.5 Å². The maximum atomic E-state index is 15.1. The van der Waals surface area contributed by atoms with Crippen LogP contribution in [0.3, 0.4) is 0 Å². The topological polar surface area (TPSA) is 30.7 Å². The van der Waals surface area contributed by atoms with Crippen molar-refractivity contribution < 1.29 is 26.3 Å². The summed E-state index contributed by atoms with van der Waals surface area (Å²) in [5.74, 6) is 0.341. The molecule has 9 rings (SSSR count). The van der Waals surface area contributed by atoms with Crippen LogP contribution in [0.25, 0.3) is 83.6 Å². The number of para-hydroxylation sites is 1. The molecule has 3 nitrogen and oxygen atoms in total. The van der Waals surface area contributed by atoms with Crippen molar-refractivity contribution in [2.45, 2.75) is 19.3 Å². The molecule has 0 bridgehead atoms. The van der Waals surface area contributed by atoms with Gasteiger partial charge in [-0.3, -0.25) is 0 Å². The SMILES string of the molecule is Cc1ccc2c(c1)c1ccccc1n2-c1c(-c2ccccc2C(F)(F)F)cc(-c2cc(-c3ccccc3)nc(-c3ccccc3)n2)cc1-c1ccccc1C(F)(F)F. The number of aryl methyl sites for hydroxylation is 1. The van der Waals surface area contributed by atoms with Gasteiger partial charge < -0.3 is 4.57 Å². The highest BCUT2D eigenvalue weighted by Crippen LogP contribution is 2.49. The first-order valence-corrected chi connectivity index (χ1v) is 18.5. The number of nitrogens with zero attached hydrogens (tertiary/aromatic N) is 3. The van der Waals surface area contributed by atoms with Gasteiger partial charge in [-0.2, -0.15) is 26.3 Å². The molecule has 9 aromatic rings. The van der Waals surface area contributed by atoms with Crippen molar-refractivity contribution in [2.75, 3.05) is 0 Å². The van der Waals surface area contributed by atoms with E-state index in [1.54, 1.807) is 22.8 Å². The zero-order valence-corrected chi connectivity index (χ0v) is 30.8. The van der Waals surface area contributed by atoms with Gasteiger partial charge in [0.1, 0.15) is 0 Å². The molecule has 0 amide bonds. The van der Waals surface area contributed by atoms with Crippen LogP contribution >= 0.6 is 0 Å². The number of benzene rings is 7. The summed E-state index contributed by atoms with van der Waals surface area (Å²) in [4.78, 5) is 9.83. The Labute approximate surface area is 329 Å². The molecule has 2 heterocycles. The molecule has 0 atom stereocenters. The highest BCUT2D eigenvalue weighted by molar-refractivity contribution is 6.11. The molecule has 9 heteroatoms. The second-order valence-electron chi connectivity index (χ2n) is 14.1. The van der Waals surface area contributed by atoms with Gasteiger partial charge >= 0.3 is 12.4 Å². The van der Waals surface area contributed by atoms with E-state index in [9.17, 15) is 0 Å². The van der Waals surface area contributed by atoms with Gasteiger partial charge in [0.25, 0.3) is 0 Å². The van der Waals surface area contributed by atoms with E-state index in [1.165, 1.54) is 36.4 Å². The average Bonchev–Trinajstić information content (AvgIpc) is 3.56. The summed E-state index contributed by atoms with van der Waals surface area (Å²) in [5.41, 5.74) is 2.81. The molecule has 58 heavy (non-hydrogen) atoms. The van der Waals surface area contributed by atoms with Crippen LogP contribution in [-0.2, 0) is 12.4 Å². The second-order valence-corrected chi connectivity index (χ2v) is 14.1. The van der Waals surface area contributed by atoms with E-state index in [0.29, 0.717) is 39.4 Å². The normalized spacial score (nSPS) is 12.1. The van der Waals surface area contributed by atoms with Crippen molar-refractivity contribution >= 4 is 21.8 Å². The number of alkyl halides is 6. The summed E-state index contributed by atoms with van der Waals surface area (Å²) in [6, 6.07) is 47.0. The molecule has 0 saturated heterocycles. The Hall–Kier alpha value is -7.00. The smallest absolute Gasteiger partial charge is 0.308 e. The fourth-order valence-electron chi connectivity index (χ4n) is 7.76. The highest BCUT2D eigenvalue weighted by atomic mass is 19.4. The lowest BCUT2D eigenvalue weighted by atomic mass is 9.88. The monoisotopic (exact) mass is 775 g/mol. The zero-order valence-electron chi connectivity index (χ0n) is 30.8. The first kappa shape index (κ1) is 36.6. The Bertz CT molecular complexity index is 2850. The molecule has 0 fully saturated rings. The molecule has 0 spiro atoms. The Morgan fingerprint density at radius 3 is 1.48 bits per heavy atom. The van der Waals surface area contributed by atoms with Crippen LogP contribution < -0.4 is 0 Å². The van der Waals surface area contributed by atoms with Crippen molar-refractivity contribution in [3.63, 3.8) is 0 Å². The molecular weight excluding hydrogens is 745 g/mol. The van der Waals surface area contributed by atoms with Crippen LogP contribution in [0.4, 0.5) is 26.3 Å². The largest absolute Gasteiger partial charge is 0.417 e. The molecular formula is C49H31F6N3. The molecule has 0 N–H and O–H groups in total. The van der Waals surface area contributed by atoms with Gasteiger partial charge in [0.15, 0.2) is 5.82 Å². The number of aromatic nitrogens is 3. The van der Waals surface area contributed by atoms with E-state index >= 15 is 26.3 Å². The van der Waals surface area contributed by atoms with Gasteiger partial charge in [-0.25, -0.2) is 9.97 Å². The molecule has 0 aliphatic rings. The number of fused-ring (bicyclic) bond motifs is 3. The third kappa shape index (κ3) is 6.58. The van der Waals surface area contributed by atoms with Gasteiger partial charge in [0.05, 0.1) is 39.2 Å². The fourth-order valence-corrected chi connectivity index (χ4v) is 7.76. The van der Waals surface area contributed by atoms with E-state index in [1.807, 2.05) is 110 Å². The van der Waals surface area contributed by atoms with Crippen LogP contribution in [0, 0.1) is 6.92 Å². The van der Waals surface area contributed by atoms with Crippen molar-refractivity contribution in [2.24, 2.45) is 0 Å². The lowest BCUT2D eigenvalue weighted by Gasteiger charge is -2.24. The van der Waals surface area contributed by atoms with Crippen LogP contribution in [0.5, 0.6) is 0 Å². The molecule has 7 aromatic carbocycles. The van der Waals surface area contributed by atoms with E-state index in [0.717, 1.165) is 34.0 Å². The number of hydrogen-bond donors (Lipinski definition) is 0. The summed E-state index contributed by atoms with van der Waals surface area (Å²) >= 11 is 0. The number of hydrogen-bond acceptors (Lipinski definition) is 2. The van der Waals surface area contributed by atoms with E-state index in [2.05, 4.69) is 0 Å². The van der Waals surface area contributed by atoms with Crippen LogP contribution in [0.1, 0.15) is 16.7 Å². The maximum Gasteiger partial charge on any atom is 0.417 e. The van der Waals surface area contributed by atoms with Crippen LogP contribution in [-0.4, -0.2) is 14.5 Å². The minimum absolute atomic E-state index is 0.0711. The Kier molecular flexibility index (Phi) is 8.96. The molecule has 2 aromatic heterocycles. The van der Waals surface area contributed by atoms with Gasteiger partial charge in [0.2, 0.25) is 0 Å². The summed E-state index contributed by atoms with van der Waals surface area (Å²) in [6.07, 6.45) is -9.61. The predicted octanol–water partition coefficient (Wildman–Crippen LogP) is 14.3. The van der Waals surface area contributed by atoms with Crippen molar-refractivity contribution in [3.8, 4) is 61.8 Å². The third-order valence-electron chi connectivity index (χ3n) is 10.3. The quantitative estimate of drug-likeness (QED) is 0.158. The summed E-state index contributed by atoms with van der Waals surface area (Å²) < 4.78 is 92.6. The lowest BCUT2D eigenvalue weighted by Crippen LogP contribution is -2.11. The van der Waals surface area contributed by atoms with Gasteiger partial charge in [-0.15, -0.1) is 0 Å². The minimum atomic E-state index is -4.80. The first-order valence-electron chi connectivity index (χ1n) is 18.5. The zero-order chi connectivity index (χ0) is 40.2. The van der Waals surface area contributed by atoms with Gasteiger partial charge in [-0.05, 0) is 66.6 Å². The molecule has 0 unspecified atom stereocenters. The van der Waals surface area contributed by atoms with Gasteiger partial charge in [-0.1, -0.05) is 127 Å². The third-order valence-corrected chi connectivity index (χ3v) is 10.3. The minimum Gasteiger partial charge on any atom is -0.308 e. The Morgan fingerprint density at radius 2 is 0.897 bits per heavy atom. The molecule has 0 aliphatic heterocycles. The number of rotatable bonds is 6. The Balaban J connectivity index is 1.48. The fraction of sp³-hybridized carbons (Fsp3) is 0.0612. The molecule has 0 saturated carbocycles. The van der Waals surface area contributed by atoms with Crippen LogP contribution in [0.2, 0.25) is 0 Å².